The lowest BCUT2D eigenvalue weighted by atomic mass is 10.1. The van der Waals surface area contributed by atoms with E-state index in [9.17, 15) is 0 Å². The van der Waals surface area contributed by atoms with Crippen LogP contribution in [-0.2, 0) is 6.42 Å². The van der Waals surface area contributed by atoms with E-state index in [1.807, 2.05) is 12.1 Å². The summed E-state index contributed by atoms with van der Waals surface area (Å²) in [6.45, 7) is 7.27. The number of halogens is 1. The van der Waals surface area contributed by atoms with Crippen LogP contribution in [0.15, 0.2) is 64.2 Å². The van der Waals surface area contributed by atoms with Crippen molar-refractivity contribution < 1.29 is 4.42 Å². The predicted molar refractivity (Wildman–Crippen MR) is 147 cm³/mol. The number of nitrogens with one attached hydrogen (secondary N) is 2. The molecular weight excluding hydrogens is 525 g/mol. The quantitative estimate of drug-likeness (QED) is 0.233. The molecule has 6 nitrogen and oxygen atoms in total. The van der Waals surface area contributed by atoms with Crippen molar-refractivity contribution >= 4 is 35.6 Å². The van der Waals surface area contributed by atoms with Gasteiger partial charge in [0.1, 0.15) is 6.26 Å². The molecular formula is C26H34IN5O. The van der Waals surface area contributed by atoms with E-state index < -0.39 is 0 Å². The Kier molecular flexibility index (Phi) is 9.17. The van der Waals surface area contributed by atoms with Gasteiger partial charge in [-0.15, -0.1) is 24.0 Å². The summed E-state index contributed by atoms with van der Waals surface area (Å²) in [5.74, 6) is 1.44. The molecule has 1 atom stereocenters. The van der Waals surface area contributed by atoms with Crippen LogP contribution in [0.1, 0.15) is 42.6 Å². The maximum Gasteiger partial charge on any atom is 0.226 e. The Bertz CT molecular complexity index is 1040. The second kappa shape index (κ2) is 12.1. The van der Waals surface area contributed by atoms with Crippen LogP contribution >= 0.6 is 24.0 Å². The van der Waals surface area contributed by atoms with Gasteiger partial charge in [-0.3, -0.25) is 4.99 Å². The Hall–Kier alpha value is -2.55. The Morgan fingerprint density at radius 2 is 1.91 bits per heavy atom. The van der Waals surface area contributed by atoms with Crippen molar-refractivity contribution in [1.82, 2.24) is 15.6 Å². The largest absolute Gasteiger partial charge is 0.444 e. The predicted octanol–water partition coefficient (Wildman–Crippen LogP) is 5.34. The van der Waals surface area contributed by atoms with Crippen molar-refractivity contribution in [2.45, 2.75) is 39.2 Å². The third-order valence-corrected chi connectivity index (χ3v) is 5.94. The molecule has 176 valence electrons. The Labute approximate surface area is 213 Å². The van der Waals surface area contributed by atoms with Crippen LogP contribution in [-0.4, -0.2) is 37.6 Å². The molecule has 0 spiro atoms. The average Bonchev–Trinajstić information content (AvgIpc) is 3.52. The second-order valence-electron chi connectivity index (χ2n) is 8.41. The maximum absolute atomic E-state index is 5.66. The summed E-state index contributed by atoms with van der Waals surface area (Å²) in [5.41, 5.74) is 5.72. The average molecular weight is 559 g/mol. The molecule has 1 aliphatic rings. The fourth-order valence-electron chi connectivity index (χ4n) is 4.01. The van der Waals surface area contributed by atoms with E-state index in [2.05, 4.69) is 75.8 Å². The lowest BCUT2D eigenvalue weighted by Crippen LogP contribution is -2.39. The molecule has 1 aliphatic heterocycles. The van der Waals surface area contributed by atoms with Gasteiger partial charge >= 0.3 is 0 Å². The summed E-state index contributed by atoms with van der Waals surface area (Å²) in [4.78, 5) is 11.5. The zero-order chi connectivity index (χ0) is 22.3. The first-order chi connectivity index (χ1) is 15.6. The van der Waals surface area contributed by atoms with Crippen molar-refractivity contribution in [2.75, 3.05) is 31.6 Å². The molecule has 1 fully saturated rings. The normalized spacial score (nSPS) is 14.6. The van der Waals surface area contributed by atoms with Gasteiger partial charge in [-0.1, -0.05) is 29.8 Å². The lowest BCUT2D eigenvalue weighted by molar-refractivity contribution is 0.572. The Morgan fingerprint density at radius 1 is 1.15 bits per heavy atom. The number of hydrogen-bond donors (Lipinski definition) is 2. The van der Waals surface area contributed by atoms with E-state index in [0.717, 1.165) is 43.3 Å². The van der Waals surface area contributed by atoms with E-state index in [0.29, 0.717) is 5.89 Å². The van der Waals surface area contributed by atoms with Crippen molar-refractivity contribution in [3.05, 3.63) is 71.6 Å². The summed E-state index contributed by atoms with van der Waals surface area (Å²) in [6.07, 6.45) is 5.06. The molecule has 3 aromatic rings. The van der Waals surface area contributed by atoms with E-state index in [4.69, 9.17) is 4.42 Å². The zero-order valence-corrected chi connectivity index (χ0v) is 22.0. The highest BCUT2D eigenvalue weighted by molar-refractivity contribution is 14.0. The molecule has 1 aromatic heterocycles. The van der Waals surface area contributed by atoms with Crippen LogP contribution in [0.2, 0.25) is 0 Å². The smallest absolute Gasteiger partial charge is 0.226 e. The number of aliphatic imine (C=N–C) groups is 1. The number of guanidine groups is 1. The molecule has 1 unspecified atom stereocenters. The van der Waals surface area contributed by atoms with Gasteiger partial charge in [0.15, 0.2) is 5.96 Å². The number of aryl methyl sites for hydroxylation is 1. The topological polar surface area (TPSA) is 65.7 Å². The molecule has 7 heteroatoms. The van der Waals surface area contributed by atoms with Crippen LogP contribution in [0.4, 0.5) is 5.69 Å². The van der Waals surface area contributed by atoms with E-state index in [-0.39, 0.29) is 30.0 Å². The van der Waals surface area contributed by atoms with E-state index >= 15 is 0 Å². The Morgan fingerprint density at radius 3 is 2.64 bits per heavy atom. The van der Waals surface area contributed by atoms with Gasteiger partial charge in [0.2, 0.25) is 5.89 Å². The summed E-state index contributed by atoms with van der Waals surface area (Å²) in [7, 11) is 1.80. The van der Waals surface area contributed by atoms with Crippen LogP contribution < -0.4 is 15.5 Å². The van der Waals surface area contributed by atoms with Crippen LogP contribution in [0.5, 0.6) is 0 Å². The van der Waals surface area contributed by atoms with Gasteiger partial charge in [-0.2, -0.15) is 0 Å². The minimum absolute atomic E-state index is 0. The van der Waals surface area contributed by atoms with Crippen molar-refractivity contribution in [1.29, 1.82) is 0 Å². The summed E-state index contributed by atoms with van der Waals surface area (Å²) < 4.78 is 5.66. The van der Waals surface area contributed by atoms with Crippen LogP contribution in [0.3, 0.4) is 0 Å². The Balaban J connectivity index is 0.00000306. The molecule has 0 aliphatic carbocycles. The third kappa shape index (κ3) is 6.72. The van der Waals surface area contributed by atoms with Gasteiger partial charge in [0, 0.05) is 44.4 Å². The van der Waals surface area contributed by atoms with Crippen LogP contribution in [0, 0.1) is 6.92 Å². The number of rotatable bonds is 7. The number of aromatic nitrogens is 1. The molecule has 4 rings (SSSR count). The molecule has 0 amide bonds. The van der Waals surface area contributed by atoms with E-state index in [1.54, 1.807) is 13.3 Å². The molecule has 2 aromatic carbocycles. The van der Waals surface area contributed by atoms with Gasteiger partial charge in [-0.05, 0) is 56.5 Å². The van der Waals surface area contributed by atoms with Gasteiger partial charge in [-0.25, -0.2) is 4.98 Å². The highest BCUT2D eigenvalue weighted by Crippen LogP contribution is 2.24. The van der Waals surface area contributed by atoms with Crippen molar-refractivity contribution in [3.8, 4) is 11.5 Å². The SMILES string of the molecule is CN=C(NCCc1coc(-c2ccc(C)cc2)n1)NC(C)c1cccc(N2CCCC2)c1.I. The van der Waals surface area contributed by atoms with Crippen molar-refractivity contribution in [2.24, 2.45) is 4.99 Å². The van der Waals surface area contributed by atoms with Gasteiger partial charge in [0.05, 0.1) is 11.7 Å². The molecule has 0 bridgehead atoms. The standard InChI is InChI=1S/C26H33N5O.HI/c1-19-9-11-21(12-10-19)25-30-23(18-32-25)13-14-28-26(27-3)29-20(2)22-7-6-8-24(17-22)31-15-4-5-16-31;/h6-12,17-18,20H,4-5,13-16H2,1-3H3,(H2,27,28,29);1H. The first-order valence-electron chi connectivity index (χ1n) is 11.5. The molecule has 1 saturated heterocycles. The fourth-order valence-corrected chi connectivity index (χ4v) is 4.01. The zero-order valence-electron chi connectivity index (χ0n) is 19.7. The number of hydrogen-bond acceptors (Lipinski definition) is 4. The number of nitrogens with zero attached hydrogens (tertiary/aromatic N) is 3. The van der Waals surface area contributed by atoms with Crippen molar-refractivity contribution in [3.63, 3.8) is 0 Å². The molecule has 2 heterocycles. The summed E-state index contributed by atoms with van der Waals surface area (Å²) >= 11 is 0. The van der Waals surface area contributed by atoms with Crippen LogP contribution in [0.25, 0.3) is 11.5 Å². The maximum atomic E-state index is 5.66. The fraction of sp³-hybridized carbons (Fsp3) is 0.385. The minimum Gasteiger partial charge on any atom is -0.444 e. The summed E-state index contributed by atoms with van der Waals surface area (Å²) in [5, 5.41) is 6.89. The molecule has 0 radical (unpaired) electrons. The van der Waals surface area contributed by atoms with E-state index in [1.165, 1.54) is 29.7 Å². The third-order valence-electron chi connectivity index (χ3n) is 5.94. The summed E-state index contributed by atoms with van der Waals surface area (Å²) in [6, 6.07) is 17.2. The van der Waals surface area contributed by atoms with Gasteiger partial charge < -0.3 is 20.0 Å². The number of oxazole rings is 1. The monoisotopic (exact) mass is 559 g/mol. The first kappa shape index (κ1) is 25.1. The number of benzene rings is 2. The highest BCUT2D eigenvalue weighted by atomic mass is 127. The highest BCUT2D eigenvalue weighted by Gasteiger charge is 2.14. The minimum atomic E-state index is 0. The molecule has 33 heavy (non-hydrogen) atoms. The molecule has 0 saturated carbocycles. The van der Waals surface area contributed by atoms with Gasteiger partial charge in [0.25, 0.3) is 0 Å². The lowest BCUT2D eigenvalue weighted by Gasteiger charge is -2.22. The second-order valence-corrected chi connectivity index (χ2v) is 8.41. The first-order valence-corrected chi connectivity index (χ1v) is 11.5. The molecule has 2 N–H and O–H groups in total. The number of anilines is 1.